The lowest BCUT2D eigenvalue weighted by molar-refractivity contribution is -0.125. The van der Waals surface area contributed by atoms with Crippen LogP contribution in [0.25, 0.3) is 16.8 Å². The molecule has 174 valence electrons. The van der Waals surface area contributed by atoms with E-state index >= 15 is 0 Å². The van der Waals surface area contributed by atoms with Gasteiger partial charge in [0.25, 0.3) is 0 Å². The Hall–Kier alpha value is -3.16. The molecule has 0 radical (unpaired) electrons. The molecule has 3 heterocycles. The average molecular weight is 498 g/mol. The van der Waals surface area contributed by atoms with Crippen LogP contribution in [-0.4, -0.2) is 33.6 Å². The van der Waals surface area contributed by atoms with Gasteiger partial charge in [-0.15, -0.1) is 0 Å². The first-order chi connectivity index (χ1) is 16.5. The van der Waals surface area contributed by atoms with Gasteiger partial charge in [0, 0.05) is 42.6 Å². The van der Waals surface area contributed by atoms with Crippen LogP contribution in [0.15, 0.2) is 60.9 Å². The number of nitrogens with zero attached hydrogens (tertiary/aromatic N) is 4. The Morgan fingerprint density at radius 3 is 2.82 bits per heavy atom. The lowest BCUT2D eigenvalue weighted by Gasteiger charge is -2.33. The molecule has 1 atom stereocenters. The molecule has 1 amide bonds. The highest BCUT2D eigenvalue weighted by Crippen LogP contribution is 2.31. The first-order valence-electron chi connectivity index (χ1n) is 11.1. The second-order valence-corrected chi connectivity index (χ2v) is 9.14. The van der Waals surface area contributed by atoms with E-state index in [-0.39, 0.29) is 18.4 Å². The van der Waals surface area contributed by atoms with Crippen molar-refractivity contribution >= 4 is 40.4 Å². The Bertz CT molecular complexity index is 1360. The van der Waals surface area contributed by atoms with E-state index < -0.39 is 5.82 Å². The predicted molar refractivity (Wildman–Crippen MR) is 132 cm³/mol. The fourth-order valence-corrected chi connectivity index (χ4v) is 4.79. The van der Waals surface area contributed by atoms with Crippen molar-refractivity contribution < 1.29 is 9.18 Å². The number of aromatic nitrogens is 3. The normalized spacial score (nSPS) is 16.1. The number of carbonyl (C=O) groups is 1. The van der Waals surface area contributed by atoms with Gasteiger partial charge in [-0.3, -0.25) is 4.79 Å². The molecule has 2 aromatic carbocycles. The number of fused-ring (bicyclic) bond motifs is 1. The predicted octanol–water partition coefficient (Wildman–Crippen LogP) is 5.38. The molecule has 0 saturated carbocycles. The van der Waals surface area contributed by atoms with E-state index in [1.807, 2.05) is 30.3 Å². The largest absolute Gasteiger partial charge is 0.354 e. The number of nitrogens with one attached hydrogen (secondary N) is 1. The number of benzene rings is 2. The molecule has 1 saturated heterocycles. The molecule has 1 aliphatic heterocycles. The maximum absolute atomic E-state index is 13.3. The molecule has 5 rings (SSSR count). The first-order valence-corrected chi connectivity index (χ1v) is 11.8. The van der Waals surface area contributed by atoms with E-state index in [0.717, 1.165) is 42.0 Å². The van der Waals surface area contributed by atoms with Crippen molar-refractivity contribution in [3.8, 4) is 11.3 Å². The third-order valence-corrected chi connectivity index (χ3v) is 6.76. The molecule has 9 heteroatoms. The summed E-state index contributed by atoms with van der Waals surface area (Å²) < 4.78 is 15.1. The lowest BCUT2D eigenvalue weighted by Crippen LogP contribution is -2.43. The van der Waals surface area contributed by atoms with Gasteiger partial charge < -0.3 is 10.2 Å². The molecule has 1 N–H and O–H groups in total. The highest BCUT2D eigenvalue weighted by atomic mass is 35.5. The minimum absolute atomic E-state index is 0.0534. The van der Waals surface area contributed by atoms with Crippen molar-refractivity contribution in [3.63, 3.8) is 0 Å². The van der Waals surface area contributed by atoms with E-state index in [2.05, 4.69) is 20.3 Å². The van der Waals surface area contributed by atoms with Crippen molar-refractivity contribution in [1.82, 2.24) is 19.9 Å². The fraction of sp³-hybridized carbons (Fsp3) is 0.240. The molecule has 34 heavy (non-hydrogen) atoms. The van der Waals surface area contributed by atoms with Gasteiger partial charge in [-0.25, -0.2) is 13.9 Å². The van der Waals surface area contributed by atoms with Gasteiger partial charge in [0.15, 0.2) is 5.82 Å². The molecule has 1 fully saturated rings. The molecule has 0 spiro atoms. The third-order valence-electron chi connectivity index (χ3n) is 6.08. The quantitative estimate of drug-likeness (QED) is 0.402. The minimum Gasteiger partial charge on any atom is -0.354 e. The van der Waals surface area contributed by atoms with Crippen LogP contribution in [0.2, 0.25) is 10.0 Å². The molecule has 1 unspecified atom stereocenters. The Kier molecular flexibility index (Phi) is 6.39. The highest BCUT2D eigenvalue weighted by Gasteiger charge is 2.28. The Morgan fingerprint density at radius 2 is 2.00 bits per heavy atom. The molecule has 4 aromatic rings. The van der Waals surface area contributed by atoms with Crippen LogP contribution in [0.1, 0.15) is 18.4 Å². The zero-order valence-electron chi connectivity index (χ0n) is 18.2. The van der Waals surface area contributed by atoms with E-state index in [1.165, 1.54) is 12.1 Å². The van der Waals surface area contributed by atoms with Crippen molar-refractivity contribution in [1.29, 1.82) is 0 Å². The van der Waals surface area contributed by atoms with Gasteiger partial charge in [0.05, 0.1) is 16.6 Å². The molecule has 1 aliphatic rings. The van der Waals surface area contributed by atoms with Crippen molar-refractivity contribution in [3.05, 3.63) is 82.4 Å². The lowest BCUT2D eigenvalue weighted by atomic mass is 9.97. The smallest absolute Gasteiger partial charge is 0.225 e. The number of hydrogen-bond donors (Lipinski definition) is 1. The van der Waals surface area contributed by atoms with Crippen molar-refractivity contribution in [2.45, 2.75) is 19.4 Å². The number of piperidine rings is 1. The summed E-state index contributed by atoms with van der Waals surface area (Å²) in [4.78, 5) is 19.7. The van der Waals surface area contributed by atoms with Gasteiger partial charge >= 0.3 is 0 Å². The van der Waals surface area contributed by atoms with Crippen LogP contribution >= 0.6 is 23.2 Å². The molecule has 6 nitrogen and oxygen atoms in total. The van der Waals surface area contributed by atoms with Crippen molar-refractivity contribution in [2.75, 3.05) is 18.0 Å². The van der Waals surface area contributed by atoms with E-state index in [0.29, 0.717) is 22.2 Å². The number of anilines is 1. The summed E-state index contributed by atoms with van der Waals surface area (Å²) in [5.41, 5.74) is 3.16. The minimum atomic E-state index is -0.401. The topological polar surface area (TPSA) is 62.5 Å². The Morgan fingerprint density at radius 1 is 1.15 bits per heavy atom. The summed E-state index contributed by atoms with van der Waals surface area (Å²) in [6, 6.07) is 13.7. The number of amides is 1. The van der Waals surface area contributed by atoms with Crippen LogP contribution in [-0.2, 0) is 11.3 Å². The number of rotatable bonds is 5. The average Bonchev–Trinajstić information content (AvgIpc) is 3.28. The molecular formula is C25H22Cl2FN5O. The van der Waals surface area contributed by atoms with Crippen LogP contribution in [0.5, 0.6) is 0 Å². The Labute approximate surface area is 206 Å². The fourth-order valence-electron chi connectivity index (χ4n) is 4.33. The van der Waals surface area contributed by atoms with Gasteiger partial charge in [0.1, 0.15) is 11.3 Å². The standard InChI is InChI=1S/C25H22Cl2FN5O/c26-20-6-2-1-5-19(20)22-13-23-24(29-9-11-33(23)31-22)32-10-3-4-17(15-32)25(34)30-14-16-7-8-18(28)12-21(16)27/h1-2,5-9,11-13,17H,3-4,10,14-15H2,(H,30,34). The van der Waals surface area contributed by atoms with Crippen LogP contribution in [0, 0.1) is 11.7 Å². The first kappa shape index (κ1) is 22.6. The van der Waals surface area contributed by atoms with Gasteiger partial charge in [0.2, 0.25) is 5.91 Å². The summed E-state index contributed by atoms with van der Waals surface area (Å²) >= 11 is 12.5. The van der Waals surface area contributed by atoms with E-state index in [4.69, 9.17) is 23.2 Å². The monoisotopic (exact) mass is 497 g/mol. The van der Waals surface area contributed by atoms with Crippen LogP contribution in [0.3, 0.4) is 0 Å². The summed E-state index contributed by atoms with van der Waals surface area (Å²) in [7, 11) is 0. The van der Waals surface area contributed by atoms with Gasteiger partial charge in [-0.05, 0) is 42.7 Å². The molecular weight excluding hydrogens is 476 g/mol. The number of hydrogen-bond acceptors (Lipinski definition) is 4. The third kappa shape index (κ3) is 4.58. The summed E-state index contributed by atoms with van der Waals surface area (Å²) in [6.45, 7) is 1.60. The molecule has 0 bridgehead atoms. The van der Waals surface area contributed by atoms with Gasteiger partial charge in [-0.1, -0.05) is 47.5 Å². The summed E-state index contributed by atoms with van der Waals surface area (Å²) in [5.74, 6) is 0.137. The second-order valence-electron chi connectivity index (χ2n) is 8.33. The van der Waals surface area contributed by atoms with E-state index in [1.54, 1.807) is 23.0 Å². The zero-order valence-corrected chi connectivity index (χ0v) is 19.7. The zero-order chi connectivity index (χ0) is 23.7. The second kappa shape index (κ2) is 9.60. The maximum atomic E-state index is 13.3. The number of carbonyl (C=O) groups excluding carboxylic acids is 1. The number of halogens is 3. The SMILES string of the molecule is O=C(NCc1ccc(F)cc1Cl)C1CCCN(c2nccn3nc(-c4ccccc4Cl)cc23)C1. The summed E-state index contributed by atoms with van der Waals surface area (Å²) in [6.07, 6.45) is 5.17. The van der Waals surface area contributed by atoms with E-state index in [9.17, 15) is 9.18 Å². The highest BCUT2D eigenvalue weighted by molar-refractivity contribution is 6.33. The van der Waals surface area contributed by atoms with Crippen molar-refractivity contribution in [2.24, 2.45) is 5.92 Å². The maximum Gasteiger partial charge on any atom is 0.225 e. The van der Waals surface area contributed by atoms with Gasteiger partial charge in [-0.2, -0.15) is 5.10 Å². The van der Waals surface area contributed by atoms with Crippen LogP contribution in [0.4, 0.5) is 10.2 Å². The molecule has 0 aliphatic carbocycles. The summed E-state index contributed by atoms with van der Waals surface area (Å²) in [5, 5.41) is 8.56. The molecule has 2 aromatic heterocycles. The Balaban J connectivity index is 1.33. The van der Waals surface area contributed by atoms with Crippen LogP contribution < -0.4 is 10.2 Å².